The molecule has 0 spiro atoms. The Morgan fingerprint density at radius 3 is 2.78 bits per heavy atom. The highest BCUT2D eigenvalue weighted by atomic mass is 15.1. The highest BCUT2D eigenvalue weighted by Gasteiger charge is 2.29. The third-order valence-electron chi connectivity index (χ3n) is 3.74. The Labute approximate surface area is 109 Å². The Morgan fingerprint density at radius 2 is 2.11 bits per heavy atom. The second kappa shape index (κ2) is 6.24. The maximum absolute atomic E-state index is 8.96. The Hall–Kier alpha value is -1.77. The molecule has 2 rings (SSSR count). The van der Waals surface area contributed by atoms with Crippen LogP contribution in [0.15, 0.2) is 30.3 Å². The highest BCUT2D eigenvalue weighted by molar-refractivity contribution is 5.22. The van der Waals surface area contributed by atoms with Crippen LogP contribution in [-0.2, 0) is 0 Å². The minimum atomic E-state index is 0.438. The van der Waals surface area contributed by atoms with Crippen molar-refractivity contribution in [2.45, 2.75) is 18.8 Å². The van der Waals surface area contributed by atoms with Crippen molar-refractivity contribution in [3.8, 4) is 18.4 Å². The first kappa shape index (κ1) is 12.7. The van der Waals surface area contributed by atoms with Gasteiger partial charge in [-0.05, 0) is 24.4 Å². The molecule has 0 N–H and O–H groups in total. The second-order valence-corrected chi connectivity index (χ2v) is 4.87. The van der Waals surface area contributed by atoms with Crippen LogP contribution >= 0.6 is 0 Å². The van der Waals surface area contributed by atoms with E-state index in [4.69, 9.17) is 11.7 Å². The zero-order chi connectivity index (χ0) is 12.8. The van der Waals surface area contributed by atoms with Crippen LogP contribution in [0, 0.1) is 29.6 Å². The van der Waals surface area contributed by atoms with E-state index in [0.29, 0.717) is 24.8 Å². The quantitative estimate of drug-likeness (QED) is 0.757. The first-order chi connectivity index (χ1) is 8.85. The molecule has 1 aromatic rings. The summed E-state index contributed by atoms with van der Waals surface area (Å²) in [5.41, 5.74) is 1.33. The molecule has 0 amide bonds. The fourth-order valence-corrected chi connectivity index (χ4v) is 2.78. The van der Waals surface area contributed by atoms with Crippen molar-refractivity contribution in [2.24, 2.45) is 5.92 Å². The molecule has 0 saturated carbocycles. The number of terminal acetylenes is 1. The van der Waals surface area contributed by atoms with Crippen molar-refractivity contribution in [3.05, 3.63) is 35.9 Å². The Bertz CT molecular complexity index is 452. The van der Waals surface area contributed by atoms with Crippen molar-refractivity contribution < 1.29 is 0 Å². The van der Waals surface area contributed by atoms with Crippen molar-refractivity contribution in [3.63, 3.8) is 0 Å². The van der Waals surface area contributed by atoms with E-state index >= 15 is 0 Å². The molecule has 2 unspecified atom stereocenters. The Morgan fingerprint density at radius 1 is 1.33 bits per heavy atom. The molecular weight excluding hydrogens is 220 g/mol. The molecule has 1 aromatic carbocycles. The van der Waals surface area contributed by atoms with Crippen LogP contribution in [-0.4, -0.2) is 24.5 Å². The first-order valence-corrected chi connectivity index (χ1v) is 6.43. The van der Waals surface area contributed by atoms with Gasteiger partial charge in [0, 0.05) is 18.9 Å². The summed E-state index contributed by atoms with van der Waals surface area (Å²) in [7, 11) is 0. The van der Waals surface area contributed by atoms with Crippen LogP contribution in [0.4, 0.5) is 0 Å². The van der Waals surface area contributed by atoms with Gasteiger partial charge in [-0.3, -0.25) is 4.90 Å². The molecule has 2 atom stereocenters. The number of piperidine rings is 1. The van der Waals surface area contributed by atoms with Gasteiger partial charge in [0.25, 0.3) is 0 Å². The molecule has 1 aliphatic heterocycles. The van der Waals surface area contributed by atoms with E-state index in [1.54, 1.807) is 0 Å². The van der Waals surface area contributed by atoms with Gasteiger partial charge in [0.1, 0.15) is 0 Å². The monoisotopic (exact) mass is 238 g/mol. The number of benzene rings is 1. The third-order valence-corrected chi connectivity index (χ3v) is 3.74. The molecule has 0 aromatic heterocycles. The molecular formula is C16H18N2. The molecule has 2 heteroatoms. The highest BCUT2D eigenvalue weighted by Crippen LogP contribution is 2.34. The van der Waals surface area contributed by atoms with Gasteiger partial charge in [-0.15, -0.1) is 6.42 Å². The maximum Gasteiger partial charge on any atom is 0.0624 e. The zero-order valence-electron chi connectivity index (χ0n) is 10.5. The fourth-order valence-electron chi connectivity index (χ4n) is 2.78. The standard InChI is InChI=1S/C16H18N2/c1-2-11-18-12-9-15(8-10-17)16(13-18)14-6-4-3-5-7-14/h1,3-7,15-16H,8-9,11-13H2. The predicted octanol–water partition coefficient (Wildman–Crippen LogP) is 2.64. The van der Waals surface area contributed by atoms with Crippen molar-refractivity contribution in [2.75, 3.05) is 19.6 Å². The fraction of sp³-hybridized carbons (Fsp3) is 0.438. The average Bonchev–Trinajstić information content (AvgIpc) is 2.42. The van der Waals surface area contributed by atoms with Crippen LogP contribution < -0.4 is 0 Å². The van der Waals surface area contributed by atoms with Gasteiger partial charge in [0.15, 0.2) is 0 Å². The summed E-state index contributed by atoms with van der Waals surface area (Å²) in [5, 5.41) is 8.96. The van der Waals surface area contributed by atoms with Crippen molar-refractivity contribution in [1.82, 2.24) is 4.90 Å². The lowest BCUT2D eigenvalue weighted by molar-refractivity contribution is 0.177. The van der Waals surface area contributed by atoms with E-state index in [0.717, 1.165) is 19.5 Å². The van der Waals surface area contributed by atoms with Gasteiger partial charge < -0.3 is 0 Å². The van der Waals surface area contributed by atoms with E-state index in [1.807, 2.05) is 6.07 Å². The zero-order valence-corrected chi connectivity index (χ0v) is 10.5. The summed E-state index contributed by atoms with van der Waals surface area (Å²) in [6.45, 7) is 2.70. The van der Waals surface area contributed by atoms with Crippen LogP contribution in [0.2, 0.25) is 0 Å². The van der Waals surface area contributed by atoms with Crippen molar-refractivity contribution in [1.29, 1.82) is 5.26 Å². The molecule has 0 bridgehead atoms. The van der Waals surface area contributed by atoms with Gasteiger partial charge >= 0.3 is 0 Å². The Balaban J connectivity index is 2.15. The number of nitriles is 1. The molecule has 0 radical (unpaired) electrons. The van der Waals surface area contributed by atoms with E-state index in [9.17, 15) is 0 Å². The van der Waals surface area contributed by atoms with Gasteiger partial charge in [-0.2, -0.15) is 5.26 Å². The number of hydrogen-bond acceptors (Lipinski definition) is 2. The normalized spacial score (nSPS) is 24.1. The van der Waals surface area contributed by atoms with Gasteiger partial charge in [-0.1, -0.05) is 36.3 Å². The van der Waals surface area contributed by atoms with Crippen LogP contribution in [0.3, 0.4) is 0 Å². The Kier molecular flexibility index (Phi) is 4.40. The lowest BCUT2D eigenvalue weighted by atomic mass is 9.79. The SMILES string of the molecule is C#CCN1CCC(CC#N)C(c2ccccc2)C1. The largest absolute Gasteiger partial charge is 0.292 e. The molecule has 1 fully saturated rings. The maximum atomic E-state index is 8.96. The van der Waals surface area contributed by atoms with Crippen LogP contribution in [0.1, 0.15) is 24.3 Å². The molecule has 92 valence electrons. The van der Waals surface area contributed by atoms with Gasteiger partial charge in [-0.25, -0.2) is 0 Å². The predicted molar refractivity (Wildman–Crippen MR) is 72.8 cm³/mol. The summed E-state index contributed by atoms with van der Waals surface area (Å²) in [6, 6.07) is 12.8. The van der Waals surface area contributed by atoms with Crippen LogP contribution in [0.25, 0.3) is 0 Å². The molecule has 0 aliphatic carbocycles. The van der Waals surface area contributed by atoms with Crippen LogP contribution in [0.5, 0.6) is 0 Å². The van der Waals surface area contributed by atoms with Gasteiger partial charge in [0.2, 0.25) is 0 Å². The topological polar surface area (TPSA) is 27.0 Å². The molecule has 1 saturated heterocycles. The number of rotatable bonds is 3. The summed E-state index contributed by atoms with van der Waals surface area (Å²) in [5.74, 6) is 3.62. The lowest BCUT2D eigenvalue weighted by Crippen LogP contribution is -2.39. The summed E-state index contributed by atoms with van der Waals surface area (Å²) in [6.07, 6.45) is 7.10. The smallest absolute Gasteiger partial charge is 0.0624 e. The molecule has 2 nitrogen and oxygen atoms in total. The lowest BCUT2D eigenvalue weighted by Gasteiger charge is -2.37. The summed E-state index contributed by atoms with van der Waals surface area (Å²) in [4.78, 5) is 2.31. The summed E-state index contributed by atoms with van der Waals surface area (Å²) >= 11 is 0. The second-order valence-electron chi connectivity index (χ2n) is 4.87. The van der Waals surface area contributed by atoms with E-state index in [2.05, 4.69) is 41.2 Å². The van der Waals surface area contributed by atoms with Crippen molar-refractivity contribution >= 4 is 0 Å². The number of hydrogen-bond donors (Lipinski definition) is 0. The number of likely N-dealkylation sites (tertiary alicyclic amines) is 1. The van der Waals surface area contributed by atoms with E-state index in [-0.39, 0.29) is 0 Å². The van der Waals surface area contributed by atoms with E-state index in [1.165, 1.54) is 5.56 Å². The van der Waals surface area contributed by atoms with E-state index < -0.39 is 0 Å². The first-order valence-electron chi connectivity index (χ1n) is 6.43. The molecule has 1 heterocycles. The minimum Gasteiger partial charge on any atom is -0.292 e. The van der Waals surface area contributed by atoms with Gasteiger partial charge in [0.05, 0.1) is 12.6 Å². The molecule has 1 aliphatic rings. The minimum absolute atomic E-state index is 0.438. The molecule has 18 heavy (non-hydrogen) atoms. The average molecular weight is 238 g/mol. The third kappa shape index (κ3) is 2.92. The number of nitrogens with zero attached hydrogens (tertiary/aromatic N) is 2. The summed E-state index contributed by atoms with van der Waals surface area (Å²) < 4.78 is 0.